The minimum atomic E-state index is 0. The molecule has 4 heteroatoms. The fourth-order valence-corrected chi connectivity index (χ4v) is 3.21. The highest BCUT2D eigenvalue weighted by Crippen LogP contribution is 2.25. The summed E-state index contributed by atoms with van der Waals surface area (Å²) in [7, 11) is 1.73. The third-order valence-corrected chi connectivity index (χ3v) is 4.36. The molecule has 1 fully saturated rings. The molecule has 3 nitrogen and oxygen atoms in total. The van der Waals surface area contributed by atoms with Crippen molar-refractivity contribution in [2.24, 2.45) is 0 Å². The summed E-state index contributed by atoms with van der Waals surface area (Å²) >= 11 is 0. The highest BCUT2D eigenvalue weighted by atomic mass is 35.5. The lowest BCUT2D eigenvalue weighted by Gasteiger charge is -2.34. The molecule has 0 saturated carbocycles. The Bertz CT molecular complexity index is 591. The second-order valence-electron chi connectivity index (χ2n) is 5.78. The third-order valence-electron chi connectivity index (χ3n) is 4.36. The monoisotopic (exact) mass is 332 g/mol. The number of hydrogen-bond donors (Lipinski definition) is 2. The van der Waals surface area contributed by atoms with E-state index in [2.05, 4.69) is 53.1 Å². The molecule has 2 unspecified atom stereocenters. The van der Waals surface area contributed by atoms with Gasteiger partial charge in [-0.25, -0.2) is 0 Å². The minimum absolute atomic E-state index is 0. The molecule has 0 aromatic heterocycles. The maximum absolute atomic E-state index is 5.44. The Morgan fingerprint density at radius 3 is 2.61 bits per heavy atom. The fourth-order valence-electron chi connectivity index (χ4n) is 3.21. The molecule has 2 N–H and O–H groups in total. The van der Waals surface area contributed by atoms with E-state index in [0.717, 1.165) is 18.8 Å². The molecule has 2 aromatic carbocycles. The molecule has 1 aliphatic heterocycles. The van der Waals surface area contributed by atoms with Crippen molar-refractivity contribution in [3.05, 3.63) is 65.7 Å². The zero-order valence-corrected chi connectivity index (χ0v) is 14.3. The number of para-hydroxylation sites is 1. The molecule has 1 saturated heterocycles. The van der Waals surface area contributed by atoms with E-state index in [4.69, 9.17) is 4.74 Å². The van der Waals surface area contributed by atoms with Crippen LogP contribution >= 0.6 is 12.4 Å². The molecule has 3 rings (SSSR count). The summed E-state index contributed by atoms with van der Waals surface area (Å²) in [6.45, 7) is 1.92. The van der Waals surface area contributed by atoms with E-state index in [0.29, 0.717) is 12.1 Å². The molecule has 2 aromatic rings. The summed E-state index contributed by atoms with van der Waals surface area (Å²) in [4.78, 5) is 0. The summed E-state index contributed by atoms with van der Waals surface area (Å²) in [5.74, 6) is 0.954. The third kappa shape index (κ3) is 4.47. The number of piperidine rings is 1. The SMILES string of the molecule is COc1ccccc1CNC1CCCNC1c1ccccc1.Cl. The van der Waals surface area contributed by atoms with Crippen LogP contribution in [0.3, 0.4) is 0 Å². The zero-order chi connectivity index (χ0) is 15.2. The van der Waals surface area contributed by atoms with Gasteiger partial charge in [-0.15, -0.1) is 12.4 Å². The van der Waals surface area contributed by atoms with E-state index in [1.54, 1.807) is 7.11 Å². The lowest BCUT2D eigenvalue weighted by Crippen LogP contribution is -2.45. The first-order valence-corrected chi connectivity index (χ1v) is 8.02. The fraction of sp³-hybridized carbons (Fsp3) is 0.368. The lowest BCUT2D eigenvalue weighted by atomic mass is 9.92. The van der Waals surface area contributed by atoms with Crippen LogP contribution in [-0.4, -0.2) is 19.7 Å². The molecular formula is C19H25ClN2O. The summed E-state index contributed by atoms with van der Waals surface area (Å²) < 4.78 is 5.44. The summed E-state index contributed by atoms with van der Waals surface area (Å²) in [6.07, 6.45) is 2.41. The number of nitrogens with one attached hydrogen (secondary N) is 2. The van der Waals surface area contributed by atoms with E-state index in [1.807, 2.05) is 12.1 Å². The van der Waals surface area contributed by atoms with Crippen LogP contribution in [0.5, 0.6) is 5.75 Å². The Kier molecular flexibility index (Phi) is 6.90. The zero-order valence-electron chi connectivity index (χ0n) is 13.5. The van der Waals surface area contributed by atoms with Crippen LogP contribution in [0.15, 0.2) is 54.6 Å². The second-order valence-corrected chi connectivity index (χ2v) is 5.78. The smallest absolute Gasteiger partial charge is 0.123 e. The molecule has 0 spiro atoms. The molecule has 0 amide bonds. The molecule has 0 aliphatic carbocycles. The summed E-state index contributed by atoms with van der Waals surface area (Å²) in [6, 6.07) is 19.8. The first-order valence-electron chi connectivity index (χ1n) is 8.02. The van der Waals surface area contributed by atoms with Crippen molar-refractivity contribution in [3.8, 4) is 5.75 Å². The minimum Gasteiger partial charge on any atom is -0.496 e. The van der Waals surface area contributed by atoms with Crippen LogP contribution in [0, 0.1) is 0 Å². The molecule has 1 aliphatic rings. The van der Waals surface area contributed by atoms with E-state index < -0.39 is 0 Å². The Morgan fingerprint density at radius 2 is 1.83 bits per heavy atom. The molecule has 124 valence electrons. The summed E-state index contributed by atoms with van der Waals surface area (Å²) in [5.41, 5.74) is 2.57. The van der Waals surface area contributed by atoms with Gasteiger partial charge in [0.2, 0.25) is 0 Å². The summed E-state index contributed by atoms with van der Waals surface area (Å²) in [5, 5.41) is 7.38. The van der Waals surface area contributed by atoms with E-state index in [1.165, 1.54) is 24.0 Å². The van der Waals surface area contributed by atoms with Gasteiger partial charge in [-0.1, -0.05) is 48.5 Å². The van der Waals surface area contributed by atoms with Gasteiger partial charge in [0.1, 0.15) is 5.75 Å². The predicted octanol–water partition coefficient (Wildman–Crippen LogP) is 3.70. The molecule has 0 bridgehead atoms. The van der Waals surface area contributed by atoms with Crippen molar-refractivity contribution in [3.63, 3.8) is 0 Å². The van der Waals surface area contributed by atoms with E-state index in [-0.39, 0.29) is 12.4 Å². The Labute approximate surface area is 144 Å². The molecule has 1 heterocycles. The van der Waals surface area contributed by atoms with E-state index >= 15 is 0 Å². The Balaban J connectivity index is 0.00000192. The van der Waals surface area contributed by atoms with Gasteiger partial charge in [-0.05, 0) is 31.0 Å². The number of methoxy groups -OCH3 is 1. The largest absolute Gasteiger partial charge is 0.496 e. The van der Waals surface area contributed by atoms with Crippen molar-refractivity contribution < 1.29 is 4.74 Å². The Morgan fingerprint density at radius 1 is 1.09 bits per heavy atom. The molecule has 2 atom stereocenters. The van der Waals surface area contributed by atoms with Crippen molar-refractivity contribution in [2.45, 2.75) is 31.5 Å². The van der Waals surface area contributed by atoms with E-state index in [9.17, 15) is 0 Å². The van der Waals surface area contributed by atoms with Crippen LogP contribution in [0.25, 0.3) is 0 Å². The topological polar surface area (TPSA) is 33.3 Å². The average Bonchev–Trinajstić information content (AvgIpc) is 2.61. The van der Waals surface area contributed by atoms with Gasteiger partial charge in [0.25, 0.3) is 0 Å². The highest BCUT2D eigenvalue weighted by Gasteiger charge is 2.25. The van der Waals surface area contributed by atoms with Crippen molar-refractivity contribution in [1.29, 1.82) is 0 Å². The maximum atomic E-state index is 5.44. The average molecular weight is 333 g/mol. The number of rotatable bonds is 5. The van der Waals surface area contributed by atoms with Gasteiger partial charge in [-0.3, -0.25) is 0 Å². The van der Waals surface area contributed by atoms with Gasteiger partial charge in [0.05, 0.1) is 7.11 Å². The van der Waals surface area contributed by atoms with Gasteiger partial charge < -0.3 is 15.4 Å². The van der Waals surface area contributed by atoms with Crippen molar-refractivity contribution in [2.75, 3.05) is 13.7 Å². The standard InChI is InChI=1S/C19H24N2O.ClH/c1-22-18-12-6-5-10-16(18)14-21-17-11-7-13-20-19(17)15-8-3-2-4-9-15;/h2-6,8-10,12,17,19-21H,7,11,13-14H2,1H3;1H. The Hall–Kier alpha value is -1.55. The van der Waals surface area contributed by atoms with Crippen molar-refractivity contribution >= 4 is 12.4 Å². The number of ether oxygens (including phenoxy) is 1. The lowest BCUT2D eigenvalue weighted by molar-refractivity contribution is 0.303. The highest BCUT2D eigenvalue weighted by molar-refractivity contribution is 5.85. The van der Waals surface area contributed by atoms with Crippen LogP contribution in [0.2, 0.25) is 0 Å². The molecule has 23 heavy (non-hydrogen) atoms. The van der Waals surface area contributed by atoms with Gasteiger partial charge in [0.15, 0.2) is 0 Å². The number of hydrogen-bond acceptors (Lipinski definition) is 3. The number of benzene rings is 2. The predicted molar refractivity (Wildman–Crippen MR) is 97.3 cm³/mol. The first kappa shape index (κ1) is 17.8. The van der Waals surface area contributed by atoms with Gasteiger partial charge in [0, 0.05) is 24.2 Å². The first-order chi connectivity index (χ1) is 10.9. The number of halogens is 1. The second kappa shape index (κ2) is 8.92. The molecular weight excluding hydrogens is 308 g/mol. The van der Waals surface area contributed by atoms with Gasteiger partial charge in [-0.2, -0.15) is 0 Å². The van der Waals surface area contributed by atoms with Crippen LogP contribution in [0.1, 0.15) is 30.0 Å². The van der Waals surface area contributed by atoms with Crippen LogP contribution in [-0.2, 0) is 6.54 Å². The quantitative estimate of drug-likeness (QED) is 0.876. The van der Waals surface area contributed by atoms with Crippen LogP contribution < -0.4 is 15.4 Å². The van der Waals surface area contributed by atoms with Gasteiger partial charge >= 0.3 is 0 Å². The maximum Gasteiger partial charge on any atom is 0.123 e. The normalized spacial score (nSPS) is 20.6. The molecule has 0 radical (unpaired) electrons. The van der Waals surface area contributed by atoms with Crippen molar-refractivity contribution in [1.82, 2.24) is 10.6 Å². The van der Waals surface area contributed by atoms with Crippen LogP contribution in [0.4, 0.5) is 0 Å².